The first kappa shape index (κ1) is 14.8. The molecule has 1 saturated carbocycles. The molecule has 116 valence electrons. The number of ketones is 1. The Kier molecular flexibility index (Phi) is 3.28. The van der Waals surface area contributed by atoms with Crippen LogP contribution in [0.3, 0.4) is 0 Å². The molecule has 1 saturated heterocycles. The normalized spacial score (nSPS) is 34.1. The number of aromatic nitrogens is 2. The maximum atomic E-state index is 13.1. The molecule has 2 heterocycles. The van der Waals surface area contributed by atoms with Crippen molar-refractivity contribution in [1.82, 2.24) is 9.88 Å². The summed E-state index contributed by atoms with van der Waals surface area (Å²) in [5.74, 6) is 1.66. The molecule has 2 bridgehead atoms. The van der Waals surface area contributed by atoms with Crippen molar-refractivity contribution in [1.29, 1.82) is 0 Å². The highest BCUT2D eigenvalue weighted by Gasteiger charge is 2.56. The Morgan fingerprint density at radius 3 is 2.76 bits per heavy atom. The fourth-order valence-corrected chi connectivity index (χ4v) is 4.99. The van der Waals surface area contributed by atoms with E-state index in [0.29, 0.717) is 18.4 Å². The zero-order valence-corrected chi connectivity index (χ0v) is 13.9. The van der Waals surface area contributed by atoms with Crippen LogP contribution in [0.15, 0.2) is 12.4 Å². The molecule has 0 radical (unpaired) electrons. The van der Waals surface area contributed by atoms with E-state index < -0.39 is 0 Å². The van der Waals surface area contributed by atoms with E-state index >= 15 is 0 Å². The summed E-state index contributed by atoms with van der Waals surface area (Å²) in [4.78, 5) is 13.1. The van der Waals surface area contributed by atoms with Crippen molar-refractivity contribution in [3.63, 3.8) is 0 Å². The number of carbonyl (C=O) groups is 1. The maximum Gasteiger partial charge on any atom is 0.253 e. The van der Waals surface area contributed by atoms with Crippen molar-refractivity contribution in [3.05, 3.63) is 18.2 Å². The van der Waals surface area contributed by atoms with Crippen molar-refractivity contribution in [2.75, 3.05) is 6.54 Å². The summed E-state index contributed by atoms with van der Waals surface area (Å²) < 4.78 is 4.14. The number of nitrogens with one attached hydrogen (secondary N) is 1. The van der Waals surface area contributed by atoms with Crippen molar-refractivity contribution < 1.29 is 9.36 Å². The Hall–Kier alpha value is -1.16. The molecule has 0 aromatic carbocycles. The minimum atomic E-state index is 0.0848. The van der Waals surface area contributed by atoms with E-state index in [9.17, 15) is 4.79 Å². The van der Waals surface area contributed by atoms with Crippen molar-refractivity contribution in [3.8, 4) is 0 Å². The van der Waals surface area contributed by atoms with Crippen LogP contribution in [0, 0.1) is 23.7 Å². The van der Waals surface area contributed by atoms with E-state index in [-0.39, 0.29) is 16.7 Å². The Balaban J connectivity index is 1.87. The van der Waals surface area contributed by atoms with Gasteiger partial charge in [0.2, 0.25) is 0 Å². The molecule has 3 rings (SSSR count). The number of imidazole rings is 1. The lowest BCUT2D eigenvalue weighted by Gasteiger charge is -2.47. The summed E-state index contributed by atoms with van der Waals surface area (Å²) in [5.41, 5.74) is 0.203. The van der Waals surface area contributed by atoms with Gasteiger partial charge >= 0.3 is 0 Å². The lowest BCUT2D eigenvalue weighted by atomic mass is 9.56. The second-order valence-corrected chi connectivity index (χ2v) is 8.11. The monoisotopic (exact) mass is 290 g/mol. The fraction of sp³-hybridized carbons (Fsp3) is 0.765. The standard InChI is InChI=1S/C17H28N3O/c1-12-19(5)6-7-20(12)10-14(21)15-16(2,3)8-13-9-17(15,4)11-18-13/h6-7,13,15,18H,8-11H2,1-5H3/q+1. The van der Waals surface area contributed by atoms with Crippen LogP contribution < -0.4 is 9.88 Å². The van der Waals surface area contributed by atoms with E-state index in [4.69, 9.17) is 0 Å². The number of nitrogens with zero attached hydrogens (tertiary/aromatic N) is 2. The Morgan fingerprint density at radius 2 is 2.14 bits per heavy atom. The van der Waals surface area contributed by atoms with Gasteiger partial charge in [0.1, 0.15) is 18.9 Å². The Labute approximate surface area is 127 Å². The first-order valence-corrected chi connectivity index (χ1v) is 8.00. The molecule has 4 nitrogen and oxygen atoms in total. The second kappa shape index (κ2) is 4.67. The van der Waals surface area contributed by atoms with Gasteiger partial charge in [0.05, 0.1) is 7.05 Å². The van der Waals surface area contributed by atoms with E-state index in [1.165, 1.54) is 0 Å². The van der Waals surface area contributed by atoms with Crippen molar-refractivity contribution in [2.45, 2.75) is 53.1 Å². The molecular formula is C17H28N3O+. The fourth-order valence-electron chi connectivity index (χ4n) is 4.99. The molecule has 3 atom stereocenters. The molecule has 1 N–H and O–H groups in total. The summed E-state index contributed by atoms with van der Waals surface area (Å²) >= 11 is 0. The van der Waals surface area contributed by atoms with Gasteiger partial charge in [0.15, 0.2) is 5.78 Å². The van der Waals surface area contributed by atoms with Gasteiger partial charge in [-0.1, -0.05) is 20.8 Å². The third-order valence-electron chi connectivity index (χ3n) is 5.80. The Morgan fingerprint density at radius 1 is 1.43 bits per heavy atom. The first-order valence-electron chi connectivity index (χ1n) is 8.00. The zero-order chi connectivity index (χ0) is 15.4. The summed E-state index contributed by atoms with van der Waals surface area (Å²) in [6, 6.07) is 0.597. The smallest absolute Gasteiger partial charge is 0.253 e. The van der Waals surface area contributed by atoms with Gasteiger partial charge in [-0.15, -0.1) is 0 Å². The van der Waals surface area contributed by atoms with Crippen LogP contribution >= 0.6 is 0 Å². The molecule has 21 heavy (non-hydrogen) atoms. The Bertz CT molecular complexity index is 575. The highest BCUT2D eigenvalue weighted by Crippen LogP contribution is 2.54. The molecule has 4 heteroatoms. The van der Waals surface area contributed by atoms with Crippen LogP contribution in [0.4, 0.5) is 0 Å². The molecule has 1 aliphatic carbocycles. The molecule has 1 aromatic rings. The van der Waals surface area contributed by atoms with Gasteiger partial charge < -0.3 is 5.32 Å². The van der Waals surface area contributed by atoms with Crippen molar-refractivity contribution in [2.24, 2.45) is 23.8 Å². The molecule has 1 aliphatic heterocycles. The van der Waals surface area contributed by atoms with Crippen LogP contribution in [0.1, 0.15) is 39.4 Å². The molecular weight excluding hydrogens is 262 g/mol. The largest absolute Gasteiger partial charge is 0.313 e. The van der Waals surface area contributed by atoms with Gasteiger partial charge in [0.25, 0.3) is 5.82 Å². The van der Waals surface area contributed by atoms with E-state index in [0.717, 1.165) is 25.2 Å². The summed E-state index contributed by atoms with van der Waals surface area (Å²) in [5, 5.41) is 3.62. The van der Waals surface area contributed by atoms with Crippen LogP contribution in [0.25, 0.3) is 0 Å². The van der Waals surface area contributed by atoms with Crippen LogP contribution in [-0.4, -0.2) is 22.9 Å². The molecule has 0 spiro atoms. The maximum absolute atomic E-state index is 13.1. The summed E-state index contributed by atoms with van der Waals surface area (Å²) in [7, 11) is 2.02. The quantitative estimate of drug-likeness (QED) is 0.859. The molecule has 1 aromatic heterocycles. The van der Waals surface area contributed by atoms with Gasteiger partial charge in [-0.25, -0.2) is 9.13 Å². The van der Waals surface area contributed by atoms with Gasteiger partial charge in [0, 0.05) is 25.4 Å². The molecule has 3 unspecified atom stereocenters. The van der Waals surface area contributed by atoms with E-state index in [1.54, 1.807) is 0 Å². The summed E-state index contributed by atoms with van der Waals surface area (Å²) in [6.45, 7) is 10.4. The molecule has 0 amide bonds. The lowest BCUT2D eigenvalue weighted by molar-refractivity contribution is -0.677. The lowest BCUT2D eigenvalue weighted by Crippen LogP contribution is -2.48. The average Bonchev–Trinajstić information content (AvgIpc) is 2.83. The second-order valence-electron chi connectivity index (χ2n) is 8.11. The van der Waals surface area contributed by atoms with Crippen molar-refractivity contribution >= 4 is 5.78 Å². The number of fused-ring (bicyclic) bond motifs is 2. The van der Waals surface area contributed by atoms with Crippen LogP contribution in [-0.2, 0) is 18.4 Å². The number of rotatable bonds is 3. The summed E-state index contributed by atoms with van der Waals surface area (Å²) in [6.07, 6.45) is 6.29. The van der Waals surface area contributed by atoms with Gasteiger partial charge in [-0.05, 0) is 23.7 Å². The predicted octanol–water partition coefficient (Wildman–Crippen LogP) is 1.60. The molecule has 2 aliphatic rings. The minimum Gasteiger partial charge on any atom is -0.313 e. The van der Waals surface area contributed by atoms with E-state index in [2.05, 4.69) is 42.1 Å². The first-order chi connectivity index (χ1) is 9.73. The zero-order valence-electron chi connectivity index (χ0n) is 13.9. The average molecular weight is 290 g/mol. The third-order valence-corrected chi connectivity index (χ3v) is 5.80. The SMILES string of the molecule is Cc1n(CC(=O)C2C(C)(C)CC3CC2(C)CN3)cc[n+]1C. The highest BCUT2D eigenvalue weighted by molar-refractivity contribution is 5.82. The minimum absolute atomic E-state index is 0.0848. The number of carbonyl (C=O) groups excluding carboxylic acids is 1. The van der Waals surface area contributed by atoms with Crippen LogP contribution in [0.5, 0.6) is 0 Å². The van der Waals surface area contributed by atoms with Crippen LogP contribution in [0.2, 0.25) is 0 Å². The topological polar surface area (TPSA) is 37.9 Å². The van der Waals surface area contributed by atoms with Gasteiger partial charge in [-0.3, -0.25) is 4.79 Å². The highest BCUT2D eigenvalue weighted by atomic mass is 16.1. The molecule has 2 fully saturated rings. The predicted molar refractivity (Wildman–Crippen MR) is 81.8 cm³/mol. The van der Waals surface area contributed by atoms with Gasteiger partial charge in [-0.2, -0.15) is 0 Å². The number of hydrogen-bond donors (Lipinski definition) is 1. The number of Topliss-reactive ketones (excluding diaryl/α,β-unsaturated/α-hetero) is 1. The number of aryl methyl sites for hydroxylation is 1. The van der Waals surface area contributed by atoms with E-state index in [1.807, 2.05) is 19.4 Å². The third kappa shape index (κ3) is 2.33. The number of hydrogen-bond acceptors (Lipinski definition) is 2.